The molecule has 0 amide bonds. The predicted octanol–water partition coefficient (Wildman–Crippen LogP) is 3.72. The molecule has 0 heterocycles. The second-order valence-corrected chi connectivity index (χ2v) is 5.41. The molecule has 0 aliphatic carbocycles. The van der Waals surface area contributed by atoms with E-state index in [1.165, 1.54) is 24.9 Å². The quantitative estimate of drug-likeness (QED) is 0.723. The number of nitrogens with one attached hydrogen (secondary N) is 1. The number of halogens is 1. The molecule has 1 N–H and O–H groups in total. The Morgan fingerprint density at radius 1 is 1.17 bits per heavy atom. The fourth-order valence-corrected chi connectivity index (χ4v) is 2.15. The molecule has 1 atom stereocenters. The van der Waals surface area contributed by atoms with Crippen LogP contribution in [-0.4, -0.2) is 32.1 Å². The first-order chi connectivity index (χ1) is 8.63. The first kappa shape index (κ1) is 15.5. The van der Waals surface area contributed by atoms with E-state index in [2.05, 4.69) is 43.4 Å². The summed E-state index contributed by atoms with van der Waals surface area (Å²) in [6.07, 6.45) is 3.58. The van der Waals surface area contributed by atoms with Gasteiger partial charge in [0.2, 0.25) is 0 Å². The second kappa shape index (κ2) is 8.52. The van der Waals surface area contributed by atoms with E-state index in [4.69, 9.17) is 11.6 Å². The highest BCUT2D eigenvalue weighted by Crippen LogP contribution is 2.19. The van der Waals surface area contributed by atoms with Crippen molar-refractivity contribution in [1.82, 2.24) is 10.2 Å². The van der Waals surface area contributed by atoms with E-state index in [9.17, 15) is 0 Å². The van der Waals surface area contributed by atoms with Crippen molar-refractivity contribution in [2.24, 2.45) is 0 Å². The minimum absolute atomic E-state index is 0.446. The zero-order chi connectivity index (χ0) is 13.4. The zero-order valence-electron chi connectivity index (χ0n) is 11.7. The molecule has 102 valence electrons. The molecule has 0 spiro atoms. The van der Waals surface area contributed by atoms with Gasteiger partial charge in [0.1, 0.15) is 0 Å². The van der Waals surface area contributed by atoms with Crippen molar-refractivity contribution in [1.29, 1.82) is 0 Å². The van der Waals surface area contributed by atoms with Gasteiger partial charge >= 0.3 is 0 Å². The zero-order valence-corrected chi connectivity index (χ0v) is 12.5. The number of benzene rings is 1. The largest absolute Gasteiger partial charge is 0.310 e. The van der Waals surface area contributed by atoms with Crippen molar-refractivity contribution in [3.8, 4) is 0 Å². The summed E-state index contributed by atoms with van der Waals surface area (Å²) < 4.78 is 0. The lowest BCUT2D eigenvalue weighted by Crippen LogP contribution is -2.23. The maximum absolute atomic E-state index is 5.91. The summed E-state index contributed by atoms with van der Waals surface area (Å²) in [5, 5.41) is 4.42. The molecular formula is C15H25ClN2. The molecule has 0 bridgehead atoms. The number of unbranched alkanes of at least 4 members (excludes halogenated alkanes) is 1. The predicted molar refractivity (Wildman–Crippen MR) is 80.3 cm³/mol. The van der Waals surface area contributed by atoms with Crippen LogP contribution in [-0.2, 0) is 0 Å². The fraction of sp³-hybridized carbons (Fsp3) is 0.600. The third-order valence-corrected chi connectivity index (χ3v) is 3.36. The van der Waals surface area contributed by atoms with Crippen molar-refractivity contribution >= 4 is 11.6 Å². The first-order valence-electron chi connectivity index (χ1n) is 6.77. The van der Waals surface area contributed by atoms with Crippen molar-refractivity contribution in [3.05, 3.63) is 34.9 Å². The van der Waals surface area contributed by atoms with Crippen LogP contribution in [0.3, 0.4) is 0 Å². The summed E-state index contributed by atoms with van der Waals surface area (Å²) in [4.78, 5) is 2.23. The Balaban J connectivity index is 2.31. The van der Waals surface area contributed by atoms with Gasteiger partial charge in [0.25, 0.3) is 0 Å². The summed E-state index contributed by atoms with van der Waals surface area (Å²) in [7, 11) is 4.24. The SMILES string of the molecule is CCC(NCCCCN(C)C)c1ccc(Cl)cc1. The topological polar surface area (TPSA) is 15.3 Å². The first-order valence-corrected chi connectivity index (χ1v) is 7.15. The van der Waals surface area contributed by atoms with Crippen molar-refractivity contribution in [2.75, 3.05) is 27.2 Å². The molecule has 1 aromatic carbocycles. The van der Waals surface area contributed by atoms with Gasteiger partial charge in [-0.15, -0.1) is 0 Å². The molecule has 1 unspecified atom stereocenters. The van der Waals surface area contributed by atoms with Crippen molar-refractivity contribution in [2.45, 2.75) is 32.2 Å². The standard InChI is InChI=1S/C15H25ClN2/c1-4-15(13-7-9-14(16)10-8-13)17-11-5-6-12-18(2)3/h7-10,15,17H,4-6,11-12H2,1-3H3. The van der Waals surface area contributed by atoms with E-state index >= 15 is 0 Å². The maximum atomic E-state index is 5.91. The number of hydrogen-bond donors (Lipinski definition) is 1. The molecule has 1 rings (SSSR count). The van der Waals surface area contributed by atoms with E-state index in [1.807, 2.05) is 12.1 Å². The minimum atomic E-state index is 0.446. The molecular weight excluding hydrogens is 244 g/mol. The van der Waals surface area contributed by atoms with E-state index < -0.39 is 0 Å². The molecule has 3 heteroatoms. The summed E-state index contributed by atoms with van der Waals surface area (Å²) in [5.74, 6) is 0. The Bertz CT molecular complexity index is 322. The number of nitrogens with zero attached hydrogens (tertiary/aromatic N) is 1. The van der Waals surface area contributed by atoms with Crippen LogP contribution in [0.2, 0.25) is 5.02 Å². The highest BCUT2D eigenvalue weighted by molar-refractivity contribution is 6.30. The van der Waals surface area contributed by atoms with Crippen LogP contribution in [0.15, 0.2) is 24.3 Å². The van der Waals surface area contributed by atoms with Crippen LogP contribution in [0.4, 0.5) is 0 Å². The van der Waals surface area contributed by atoms with E-state index in [1.54, 1.807) is 0 Å². The van der Waals surface area contributed by atoms with Gasteiger partial charge in [0.05, 0.1) is 0 Å². The van der Waals surface area contributed by atoms with Crippen LogP contribution in [0.5, 0.6) is 0 Å². The van der Waals surface area contributed by atoms with Crippen LogP contribution in [0.25, 0.3) is 0 Å². The second-order valence-electron chi connectivity index (χ2n) is 4.98. The van der Waals surface area contributed by atoms with Crippen molar-refractivity contribution < 1.29 is 0 Å². The molecule has 0 aliphatic heterocycles. The monoisotopic (exact) mass is 268 g/mol. The minimum Gasteiger partial charge on any atom is -0.310 e. The fourth-order valence-electron chi connectivity index (χ4n) is 2.02. The molecule has 0 aromatic heterocycles. The lowest BCUT2D eigenvalue weighted by Gasteiger charge is -2.18. The molecule has 0 fully saturated rings. The maximum Gasteiger partial charge on any atom is 0.0406 e. The van der Waals surface area contributed by atoms with Crippen molar-refractivity contribution in [3.63, 3.8) is 0 Å². The van der Waals surface area contributed by atoms with E-state index in [0.29, 0.717) is 6.04 Å². The average molecular weight is 269 g/mol. The summed E-state index contributed by atoms with van der Waals surface area (Å²) in [6, 6.07) is 8.61. The molecule has 0 radical (unpaired) electrons. The number of rotatable bonds is 8. The van der Waals surface area contributed by atoms with Crippen LogP contribution in [0.1, 0.15) is 37.8 Å². The summed E-state index contributed by atoms with van der Waals surface area (Å²) in [5.41, 5.74) is 1.33. The van der Waals surface area contributed by atoms with Crippen LogP contribution >= 0.6 is 11.6 Å². The third-order valence-electron chi connectivity index (χ3n) is 3.10. The Labute approximate surface area is 116 Å². The lowest BCUT2D eigenvalue weighted by molar-refractivity contribution is 0.387. The molecule has 2 nitrogen and oxygen atoms in total. The third kappa shape index (κ3) is 5.85. The normalized spacial score (nSPS) is 12.9. The van der Waals surface area contributed by atoms with Gasteiger partial charge in [-0.3, -0.25) is 0 Å². The van der Waals surface area contributed by atoms with Gasteiger partial charge < -0.3 is 10.2 Å². The molecule has 0 saturated heterocycles. The summed E-state index contributed by atoms with van der Waals surface area (Å²) >= 11 is 5.91. The Hall–Kier alpha value is -0.570. The summed E-state index contributed by atoms with van der Waals surface area (Å²) in [6.45, 7) is 4.46. The smallest absolute Gasteiger partial charge is 0.0406 e. The highest BCUT2D eigenvalue weighted by Gasteiger charge is 2.07. The van der Waals surface area contributed by atoms with Gasteiger partial charge in [-0.1, -0.05) is 30.7 Å². The van der Waals surface area contributed by atoms with Crippen LogP contribution < -0.4 is 5.32 Å². The molecule has 0 aliphatic rings. The lowest BCUT2D eigenvalue weighted by atomic mass is 10.0. The molecule has 0 saturated carbocycles. The Morgan fingerprint density at radius 2 is 1.83 bits per heavy atom. The van der Waals surface area contributed by atoms with Gasteiger partial charge in [-0.2, -0.15) is 0 Å². The van der Waals surface area contributed by atoms with Gasteiger partial charge in [0, 0.05) is 11.1 Å². The van der Waals surface area contributed by atoms with E-state index in [0.717, 1.165) is 18.0 Å². The van der Waals surface area contributed by atoms with Crippen LogP contribution in [0, 0.1) is 0 Å². The molecule has 1 aromatic rings. The van der Waals surface area contributed by atoms with Gasteiger partial charge in [0.15, 0.2) is 0 Å². The van der Waals surface area contributed by atoms with E-state index in [-0.39, 0.29) is 0 Å². The Kier molecular flexibility index (Phi) is 7.33. The van der Waals surface area contributed by atoms with Gasteiger partial charge in [-0.05, 0) is 64.1 Å². The number of hydrogen-bond acceptors (Lipinski definition) is 2. The average Bonchev–Trinajstić information content (AvgIpc) is 2.35. The van der Waals surface area contributed by atoms with Gasteiger partial charge in [-0.25, -0.2) is 0 Å². The molecule has 18 heavy (non-hydrogen) atoms. The highest BCUT2D eigenvalue weighted by atomic mass is 35.5. The Morgan fingerprint density at radius 3 is 2.39 bits per heavy atom.